The molecule has 2 aliphatic heterocycles. The Morgan fingerprint density at radius 2 is 1.89 bits per heavy atom. The normalized spacial score (nSPS) is 24.1. The molecular weight excluding hydrogens is 348 g/mol. The number of nitrogens with zero attached hydrogens (tertiary/aromatic N) is 2. The molecule has 3 heterocycles. The van der Waals surface area contributed by atoms with Crippen LogP contribution in [0.3, 0.4) is 0 Å². The van der Waals surface area contributed by atoms with Gasteiger partial charge >= 0.3 is 0 Å². The van der Waals surface area contributed by atoms with E-state index in [2.05, 4.69) is 68.0 Å². The fourth-order valence-corrected chi connectivity index (χ4v) is 5.02. The number of hydrogen-bond donors (Lipinski definition) is 1. The largest absolute Gasteiger partial charge is 0.380 e. The number of pyridine rings is 1. The van der Waals surface area contributed by atoms with Gasteiger partial charge in [-0.25, -0.2) is 0 Å². The molecule has 1 aromatic carbocycles. The summed E-state index contributed by atoms with van der Waals surface area (Å²) in [6.07, 6.45) is 5.91. The number of hydrogen-bond acceptors (Lipinski definition) is 4. The lowest BCUT2D eigenvalue weighted by Crippen LogP contribution is -2.63. The third kappa shape index (κ3) is 3.18. The molecule has 150 valence electrons. The van der Waals surface area contributed by atoms with E-state index in [4.69, 9.17) is 4.74 Å². The van der Waals surface area contributed by atoms with E-state index in [1.54, 1.807) is 0 Å². The summed E-state index contributed by atoms with van der Waals surface area (Å²) in [5.41, 5.74) is 2.82. The standard InChI is InChI=1S/C24H32N2O2/c1-17(2)18-7-9-20(10-8-18)24(27,23(3)15-26(4)16-23)21-12-19(13-25-14-21)22-6-5-11-28-22/h7-10,12-14,17,22,27H,5-6,11,15-16H2,1-4H3/t22?,24-/m0/s1. The van der Waals surface area contributed by atoms with Gasteiger partial charge in [-0.1, -0.05) is 45.0 Å². The van der Waals surface area contributed by atoms with Crippen LogP contribution in [0, 0.1) is 5.41 Å². The number of rotatable bonds is 5. The van der Waals surface area contributed by atoms with Crippen LogP contribution in [0.15, 0.2) is 42.7 Å². The van der Waals surface area contributed by atoms with Gasteiger partial charge in [0.25, 0.3) is 0 Å². The van der Waals surface area contributed by atoms with Gasteiger partial charge in [0.1, 0.15) is 5.60 Å². The van der Waals surface area contributed by atoms with E-state index in [0.29, 0.717) is 5.92 Å². The van der Waals surface area contributed by atoms with E-state index in [9.17, 15) is 5.11 Å². The summed E-state index contributed by atoms with van der Waals surface area (Å²) in [5.74, 6) is 0.470. The van der Waals surface area contributed by atoms with Crippen LogP contribution in [-0.4, -0.2) is 41.7 Å². The minimum atomic E-state index is -1.09. The fraction of sp³-hybridized carbons (Fsp3) is 0.542. The van der Waals surface area contributed by atoms with Crippen LogP contribution in [0.5, 0.6) is 0 Å². The summed E-state index contributed by atoms with van der Waals surface area (Å²) in [6, 6.07) is 10.6. The third-order valence-electron chi connectivity index (χ3n) is 6.59. The lowest BCUT2D eigenvalue weighted by Gasteiger charge is -2.56. The molecule has 0 spiro atoms. The van der Waals surface area contributed by atoms with E-state index < -0.39 is 5.60 Å². The minimum Gasteiger partial charge on any atom is -0.380 e. The van der Waals surface area contributed by atoms with E-state index in [1.165, 1.54) is 5.56 Å². The second kappa shape index (κ2) is 7.25. The minimum absolute atomic E-state index is 0.0943. The first-order chi connectivity index (χ1) is 13.3. The highest BCUT2D eigenvalue weighted by Crippen LogP contribution is 2.50. The van der Waals surface area contributed by atoms with Gasteiger partial charge in [0.05, 0.1) is 6.10 Å². The molecular formula is C24H32N2O2. The van der Waals surface area contributed by atoms with Gasteiger partial charge in [-0.3, -0.25) is 4.98 Å². The van der Waals surface area contributed by atoms with Gasteiger partial charge in [-0.15, -0.1) is 0 Å². The molecule has 1 N–H and O–H groups in total. The highest BCUT2D eigenvalue weighted by molar-refractivity contribution is 5.42. The molecule has 0 bridgehead atoms. The second-order valence-electron chi connectivity index (χ2n) is 9.23. The Balaban J connectivity index is 1.79. The average Bonchev–Trinajstić information content (AvgIpc) is 3.21. The Kier molecular flexibility index (Phi) is 5.07. The maximum atomic E-state index is 12.2. The second-order valence-corrected chi connectivity index (χ2v) is 9.23. The number of benzene rings is 1. The van der Waals surface area contributed by atoms with Gasteiger partial charge in [-0.2, -0.15) is 0 Å². The predicted octanol–water partition coefficient (Wildman–Crippen LogP) is 4.24. The van der Waals surface area contributed by atoms with Crippen LogP contribution in [0.1, 0.15) is 67.9 Å². The van der Waals surface area contributed by atoms with Crippen LogP contribution in [-0.2, 0) is 10.3 Å². The summed E-state index contributed by atoms with van der Waals surface area (Å²) >= 11 is 0. The van der Waals surface area contributed by atoms with E-state index in [-0.39, 0.29) is 11.5 Å². The lowest BCUT2D eigenvalue weighted by molar-refractivity contribution is -0.127. The average molecular weight is 381 g/mol. The molecule has 0 amide bonds. The fourth-order valence-electron chi connectivity index (χ4n) is 5.02. The highest BCUT2D eigenvalue weighted by atomic mass is 16.5. The van der Waals surface area contributed by atoms with Crippen molar-refractivity contribution in [3.63, 3.8) is 0 Å². The van der Waals surface area contributed by atoms with Crippen molar-refractivity contribution in [1.82, 2.24) is 9.88 Å². The SMILES string of the molecule is CC(C)c1ccc([C@](O)(c2cncc(C3CCCO3)c2)C2(C)CN(C)C2)cc1. The summed E-state index contributed by atoms with van der Waals surface area (Å²) in [6.45, 7) is 9.07. The Hall–Kier alpha value is -1.75. The molecule has 1 unspecified atom stereocenters. The molecule has 4 rings (SSSR count). The van der Waals surface area contributed by atoms with Crippen LogP contribution < -0.4 is 0 Å². The molecule has 2 fully saturated rings. The van der Waals surface area contributed by atoms with E-state index >= 15 is 0 Å². The van der Waals surface area contributed by atoms with Crippen molar-refractivity contribution in [2.45, 2.75) is 51.2 Å². The Bertz CT molecular complexity index is 821. The van der Waals surface area contributed by atoms with Crippen molar-refractivity contribution in [2.24, 2.45) is 5.41 Å². The number of likely N-dealkylation sites (tertiary alicyclic amines) is 1. The maximum Gasteiger partial charge on any atom is 0.124 e. The highest BCUT2D eigenvalue weighted by Gasteiger charge is 2.55. The Labute approximate surface area is 168 Å². The first kappa shape index (κ1) is 19.6. The van der Waals surface area contributed by atoms with E-state index in [1.807, 2.05) is 12.4 Å². The Morgan fingerprint density at radius 3 is 2.46 bits per heavy atom. The monoisotopic (exact) mass is 380 g/mol. The lowest BCUT2D eigenvalue weighted by atomic mass is 9.62. The molecule has 0 saturated carbocycles. The molecule has 2 atom stereocenters. The molecule has 28 heavy (non-hydrogen) atoms. The zero-order valence-electron chi connectivity index (χ0n) is 17.5. The van der Waals surface area contributed by atoms with Crippen molar-refractivity contribution >= 4 is 0 Å². The quantitative estimate of drug-likeness (QED) is 0.843. The van der Waals surface area contributed by atoms with Crippen LogP contribution in [0.25, 0.3) is 0 Å². The number of aliphatic hydroxyl groups is 1. The maximum absolute atomic E-state index is 12.2. The molecule has 1 aromatic heterocycles. The van der Waals surface area contributed by atoms with Crippen molar-refractivity contribution in [2.75, 3.05) is 26.7 Å². The molecule has 2 aliphatic rings. The van der Waals surface area contributed by atoms with Gasteiger partial charge in [0, 0.05) is 43.1 Å². The van der Waals surface area contributed by atoms with Crippen molar-refractivity contribution in [3.05, 3.63) is 65.0 Å². The van der Waals surface area contributed by atoms with E-state index in [0.717, 1.165) is 49.2 Å². The molecule has 0 radical (unpaired) electrons. The summed E-state index contributed by atoms with van der Waals surface area (Å²) in [7, 11) is 2.10. The zero-order chi connectivity index (χ0) is 19.9. The van der Waals surface area contributed by atoms with Crippen LogP contribution in [0.2, 0.25) is 0 Å². The summed E-state index contributed by atoms with van der Waals surface area (Å²) in [5, 5.41) is 12.2. The molecule has 2 saturated heterocycles. The smallest absolute Gasteiger partial charge is 0.124 e. The van der Waals surface area contributed by atoms with Gasteiger partial charge < -0.3 is 14.7 Å². The van der Waals surface area contributed by atoms with Gasteiger partial charge in [0.2, 0.25) is 0 Å². The Morgan fingerprint density at radius 1 is 1.18 bits per heavy atom. The molecule has 4 heteroatoms. The molecule has 4 nitrogen and oxygen atoms in total. The van der Waals surface area contributed by atoms with Crippen molar-refractivity contribution in [1.29, 1.82) is 0 Å². The van der Waals surface area contributed by atoms with Gasteiger partial charge in [0.15, 0.2) is 0 Å². The molecule has 0 aliphatic carbocycles. The third-order valence-corrected chi connectivity index (χ3v) is 6.59. The topological polar surface area (TPSA) is 45.6 Å². The van der Waals surface area contributed by atoms with Crippen molar-refractivity contribution < 1.29 is 9.84 Å². The number of aromatic nitrogens is 1. The van der Waals surface area contributed by atoms with Gasteiger partial charge in [-0.05, 0) is 48.6 Å². The zero-order valence-corrected chi connectivity index (χ0v) is 17.5. The molecule has 2 aromatic rings. The summed E-state index contributed by atoms with van der Waals surface area (Å²) < 4.78 is 5.87. The van der Waals surface area contributed by atoms with Crippen LogP contribution in [0.4, 0.5) is 0 Å². The summed E-state index contributed by atoms with van der Waals surface area (Å²) in [4.78, 5) is 6.76. The van der Waals surface area contributed by atoms with Crippen LogP contribution >= 0.6 is 0 Å². The predicted molar refractivity (Wildman–Crippen MR) is 111 cm³/mol. The first-order valence-electron chi connectivity index (χ1n) is 10.4. The number of ether oxygens (including phenoxy) is 1. The van der Waals surface area contributed by atoms with Crippen molar-refractivity contribution in [3.8, 4) is 0 Å². The first-order valence-corrected chi connectivity index (χ1v) is 10.4.